The van der Waals surface area contributed by atoms with Gasteiger partial charge in [-0.3, -0.25) is 9.48 Å². The van der Waals surface area contributed by atoms with Gasteiger partial charge in [-0.05, 0) is 26.0 Å². The highest BCUT2D eigenvalue weighted by Crippen LogP contribution is 2.11. The van der Waals surface area contributed by atoms with E-state index in [4.69, 9.17) is 5.11 Å². The number of benzene rings is 1. The van der Waals surface area contributed by atoms with E-state index in [9.17, 15) is 14.7 Å². The van der Waals surface area contributed by atoms with Gasteiger partial charge in [-0.15, -0.1) is 0 Å². The van der Waals surface area contributed by atoms with E-state index in [1.54, 1.807) is 44.2 Å². The summed E-state index contributed by atoms with van der Waals surface area (Å²) in [5.74, 6) is -1.28. The normalized spacial score (nSPS) is 11.6. The number of aromatic nitrogens is 2. The molecule has 0 saturated carbocycles. The monoisotopic (exact) mass is 276 g/mol. The van der Waals surface area contributed by atoms with E-state index in [-0.39, 0.29) is 12.1 Å². The SMILES string of the molecule is CC(C)(O)Cn1cc(C(=O)O)c(=O)n1-c1ccccc1. The minimum atomic E-state index is -1.28. The third-order valence-electron chi connectivity index (χ3n) is 2.74. The first-order valence-electron chi connectivity index (χ1n) is 6.13. The van der Waals surface area contributed by atoms with E-state index in [2.05, 4.69) is 0 Å². The lowest BCUT2D eigenvalue weighted by atomic mass is 10.1. The average molecular weight is 276 g/mol. The number of para-hydroxylation sites is 1. The molecule has 0 saturated heterocycles. The molecule has 0 amide bonds. The topological polar surface area (TPSA) is 84.5 Å². The molecule has 1 heterocycles. The molecule has 0 aliphatic rings. The fourth-order valence-electron chi connectivity index (χ4n) is 1.99. The third kappa shape index (κ3) is 2.80. The lowest BCUT2D eigenvalue weighted by Gasteiger charge is -2.20. The van der Waals surface area contributed by atoms with Gasteiger partial charge in [0.05, 0.1) is 17.8 Å². The van der Waals surface area contributed by atoms with Crippen LogP contribution in [-0.2, 0) is 6.54 Å². The molecule has 0 bridgehead atoms. The molecule has 2 rings (SSSR count). The molecule has 20 heavy (non-hydrogen) atoms. The van der Waals surface area contributed by atoms with Crippen LogP contribution in [0.3, 0.4) is 0 Å². The standard InChI is InChI=1S/C14H16N2O4/c1-14(2,20)9-15-8-11(13(18)19)12(17)16(15)10-6-4-3-5-7-10/h3-8,20H,9H2,1-2H3,(H,18,19). The molecule has 106 valence electrons. The van der Waals surface area contributed by atoms with Gasteiger partial charge in [0, 0.05) is 6.20 Å². The molecule has 1 aromatic heterocycles. The summed E-state index contributed by atoms with van der Waals surface area (Å²) in [5, 5.41) is 19.0. The fraction of sp³-hybridized carbons (Fsp3) is 0.286. The Bertz CT molecular complexity index is 677. The molecule has 0 fully saturated rings. The molecule has 0 aliphatic heterocycles. The molecule has 0 atom stereocenters. The number of hydrogen-bond acceptors (Lipinski definition) is 3. The average Bonchev–Trinajstić information content (AvgIpc) is 2.65. The maximum absolute atomic E-state index is 12.2. The van der Waals surface area contributed by atoms with E-state index in [0.717, 1.165) is 0 Å². The minimum absolute atomic E-state index is 0.102. The Balaban J connectivity index is 2.64. The number of nitrogens with zero attached hydrogens (tertiary/aromatic N) is 2. The number of hydrogen-bond donors (Lipinski definition) is 2. The molecule has 0 unspecified atom stereocenters. The summed E-state index contributed by atoms with van der Waals surface area (Å²) >= 11 is 0. The van der Waals surface area contributed by atoms with Crippen LogP contribution in [0.15, 0.2) is 41.3 Å². The maximum atomic E-state index is 12.2. The smallest absolute Gasteiger partial charge is 0.342 e. The van der Waals surface area contributed by atoms with Crippen molar-refractivity contribution in [3.8, 4) is 5.69 Å². The number of carboxylic acids is 1. The Morgan fingerprint density at radius 1 is 1.25 bits per heavy atom. The molecule has 2 N–H and O–H groups in total. The van der Waals surface area contributed by atoms with Crippen molar-refractivity contribution in [1.82, 2.24) is 9.36 Å². The largest absolute Gasteiger partial charge is 0.477 e. The quantitative estimate of drug-likeness (QED) is 0.876. The lowest BCUT2D eigenvalue weighted by Crippen LogP contribution is -2.31. The Labute approximate surface area is 115 Å². The zero-order chi connectivity index (χ0) is 14.9. The molecule has 0 aliphatic carbocycles. The van der Waals surface area contributed by atoms with Crippen molar-refractivity contribution in [1.29, 1.82) is 0 Å². The summed E-state index contributed by atoms with van der Waals surface area (Å²) in [6.45, 7) is 3.28. The van der Waals surface area contributed by atoms with Gasteiger partial charge >= 0.3 is 5.97 Å². The summed E-state index contributed by atoms with van der Waals surface area (Å²) in [6.07, 6.45) is 1.25. The van der Waals surface area contributed by atoms with Crippen LogP contribution in [0.4, 0.5) is 0 Å². The second kappa shape index (κ2) is 4.97. The lowest BCUT2D eigenvalue weighted by molar-refractivity contribution is 0.0551. The third-order valence-corrected chi connectivity index (χ3v) is 2.74. The summed E-state index contributed by atoms with van der Waals surface area (Å²) in [5.41, 5.74) is -1.46. The molecule has 6 nitrogen and oxygen atoms in total. The first-order valence-corrected chi connectivity index (χ1v) is 6.13. The molecule has 2 aromatic rings. The van der Waals surface area contributed by atoms with Crippen LogP contribution in [0.2, 0.25) is 0 Å². The fourth-order valence-corrected chi connectivity index (χ4v) is 1.99. The second-order valence-electron chi connectivity index (χ2n) is 5.21. The second-order valence-corrected chi connectivity index (χ2v) is 5.21. The van der Waals surface area contributed by atoms with Crippen molar-refractivity contribution in [3.05, 3.63) is 52.4 Å². The summed E-state index contributed by atoms with van der Waals surface area (Å²) in [6, 6.07) is 8.71. The first-order chi connectivity index (χ1) is 9.29. The molecular weight excluding hydrogens is 260 g/mol. The molecule has 6 heteroatoms. The van der Waals surface area contributed by atoms with Gasteiger partial charge in [-0.25, -0.2) is 9.48 Å². The van der Waals surface area contributed by atoms with Crippen LogP contribution in [0.25, 0.3) is 5.69 Å². The predicted octanol–water partition coefficient (Wildman–Crippen LogP) is 1.11. The van der Waals surface area contributed by atoms with Gasteiger partial charge in [0.25, 0.3) is 5.56 Å². The summed E-state index contributed by atoms with van der Waals surface area (Å²) in [4.78, 5) is 23.3. The van der Waals surface area contributed by atoms with Crippen molar-refractivity contribution in [2.45, 2.75) is 26.0 Å². The summed E-state index contributed by atoms with van der Waals surface area (Å²) < 4.78 is 2.67. The van der Waals surface area contributed by atoms with Crippen LogP contribution in [0.5, 0.6) is 0 Å². The Morgan fingerprint density at radius 3 is 2.35 bits per heavy atom. The van der Waals surface area contributed by atoms with Gasteiger partial charge in [0.1, 0.15) is 5.56 Å². The van der Waals surface area contributed by atoms with E-state index in [1.165, 1.54) is 15.6 Å². The van der Waals surface area contributed by atoms with Crippen molar-refractivity contribution < 1.29 is 15.0 Å². The first kappa shape index (κ1) is 14.1. The summed E-state index contributed by atoms with van der Waals surface area (Å²) in [7, 11) is 0. The van der Waals surface area contributed by atoms with Gasteiger partial charge < -0.3 is 10.2 Å². The molecular formula is C14H16N2O4. The van der Waals surface area contributed by atoms with Crippen molar-refractivity contribution >= 4 is 5.97 Å². The van der Waals surface area contributed by atoms with Gasteiger partial charge in [-0.2, -0.15) is 0 Å². The van der Waals surface area contributed by atoms with Crippen LogP contribution < -0.4 is 5.56 Å². The molecule has 0 spiro atoms. The van der Waals surface area contributed by atoms with Crippen molar-refractivity contribution in [2.75, 3.05) is 0 Å². The predicted molar refractivity (Wildman–Crippen MR) is 73.3 cm³/mol. The molecule has 0 radical (unpaired) electrons. The highest BCUT2D eigenvalue weighted by molar-refractivity contribution is 5.87. The Hall–Kier alpha value is -2.34. The minimum Gasteiger partial charge on any atom is -0.477 e. The van der Waals surface area contributed by atoms with Crippen LogP contribution >= 0.6 is 0 Å². The van der Waals surface area contributed by atoms with Gasteiger partial charge in [0.15, 0.2) is 0 Å². The molecule has 1 aromatic carbocycles. The number of carboxylic acid groups (broad SMARTS) is 1. The zero-order valence-corrected chi connectivity index (χ0v) is 11.3. The van der Waals surface area contributed by atoms with Crippen LogP contribution in [0, 0.1) is 0 Å². The van der Waals surface area contributed by atoms with Gasteiger partial charge in [0.2, 0.25) is 0 Å². The highest BCUT2D eigenvalue weighted by Gasteiger charge is 2.22. The van der Waals surface area contributed by atoms with E-state index in [1.807, 2.05) is 0 Å². The van der Waals surface area contributed by atoms with E-state index < -0.39 is 17.1 Å². The Kier molecular flexibility index (Phi) is 3.50. The number of carbonyl (C=O) groups is 1. The van der Waals surface area contributed by atoms with Crippen LogP contribution in [-0.4, -0.2) is 31.1 Å². The number of aliphatic hydroxyl groups is 1. The number of aromatic carboxylic acids is 1. The van der Waals surface area contributed by atoms with Gasteiger partial charge in [-0.1, -0.05) is 18.2 Å². The highest BCUT2D eigenvalue weighted by atomic mass is 16.4. The number of rotatable bonds is 4. The Morgan fingerprint density at radius 2 is 1.85 bits per heavy atom. The van der Waals surface area contributed by atoms with Crippen molar-refractivity contribution in [3.63, 3.8) is 0 Å². The van der Waals surface area contributed by atoms with E-state index >= 15 is 0 Å². The van der Waals surface area contributed by atoms with E-state index in [0.29, 0.717) is 5.69 Å². The maximum Gasteiger partial charge on any atom is 0.342 e. The van der Waals surface area contributed by atoms with Crippen LogP contribution in [0.1, 0.15) is 24.2 Å². The zero-order valence-electron chi connectivity index (χ0n) is 11.3. The van der Waals surface area contributed by atoms with Crippen molar-refractivity contribution in [2.24, 2.45) is 0 Å².